The van der Waals surface area contributed by atoms with Gasteiger partial charge in [-0.1, -0.05) is 18.2 Å². The summed E-state index contributed by atoms with van der Waals surface area (Å²) in [5.74, 6) is -0.544. The molecule has 2 heterocycles. The van der Waals surface area contributed by atoms with Crippen molar-refractivity contribution < 1.29 is 4.79 Å². The predicted octanol–water partition coefficient (Wildman–Crippen LogP) is 1.52. The second-order valence-corrected chi connectivity index (χ2v) is 3.88. The molecule has 1 aromatic carbocycles. The number of hydrogen-bond acceptors (Lipinski definition) is 3. The summed E-state index contributed by atoms with van der Waals surface area (Å²) in [6.07, 6.45) is 3.31. The zero-order valence-corrected chi connectivity index (χ0v) is 9.45. The van der Waals surface area contributed by atoms with Gasteiger partial charge in [0.1, 0.15) is 5.69 Å². The second kappa shape index (κ2) is 3.96. The van der Waals surface area contributed by atoms with Crippen molar-refractivity contribution in [1.82, 2.24) is 14.8 Å². The largest absolute Gasteiger partial charge is 0.364 e. The molecule has 5 nitrogen and oxygen atoms in total. The van der Waals surface area contributed by atoms with Gasteiger partial charge in [0.05, 0.1) is 17.4 Å². The molecular weight excluding hydrogens is 228 g/mol. The lowest BCUT2D eigenvalue weighted by Crippen LogP contribution is -2.12. The molecule has 2 aromatic heterocycles. The molecule has 3 rings (SSSR count). The lowest BCUT2D eigenvalue weighted by molar-refractivity contribution is 0.0996. The average molecular weight is 238 g/mol. The van der Waals surface area contributed by atoms with E-state index in [0.717, 1.165) is 16.6 Å². The van der Waals surface area contributed by atoms with Crippen molar-refractivity contribution in [3.8, 4) is 5.69 Å². The lowest BCUT2D eigenvalue weighted by atomic mass is 10.2. The summed E-state index contributed by atoms with van der Waals surface area (Å²) in [7, 11) is 0. The Morgan fingerprint density at radius 3 is 2.67 bits per heavy atom. The van der Waals surface area contributed by atoms with E-state index >= 15 is 0 Å². The molecule has 0 bridgehead atoms. The number of carbonyl (C=O) groups is 1. The van der Waals surface area contributed by atoms with Gasteiger partial charge in [0.2, 0.25) is 0 Å². The van der Waals surface area contributed by atoms with Gasteiger partial charge < -0.3 is 5.73 Å². The Morgan fingerprint density at radius 2 is 1.94 bits per heavy atom. The van der Waals surface area contributed by atoms with Crippen LogP contribution in [0.3, 0.4) is 0 Å². The van der Waals surface area contributed by atoms with E-state index in [2.05, 4.69) is 10.1 Å². The second-order valence-electron chi connectivity index (χ2n) is 3.88. The Morgan fingerprint density at radius 1 is 1.17 bits per heavy atom. The summed E-state index contributed by atoms with van der Waals surface area (Å²) in [6.45, 7) is 0. The predicted molar refractivity (Wildman–Crippen MR) is 67.4 cm³/mol. The van der Waals surface area contributed by atoms with E-state index in [1.54, 1.807) is 23.1 Å². The van der Waals surface area contributed by atoms with E-state index in [-0.39, 0.29) is 5.69 Å². The number of primary amides is 1. The Kier molecular flexibility index (Phi) is 2.30. The quantitative estimate of drug-likeness (QED) is 0.735. The third-order valence-corrected chi connectivity index (χ3v) is 2.71. The van der Waals surface area contributed by atoms with E-state index in [0.29, 0.717) is 0 Å². The number of aromatic nitrogens is 3. The summed E-state index contributed by atoms with van der Waals surface area (Å²) in [5, 5.41) is 5.16. The lowest BCUT2D eigenvalue weighted by Gasteiger charge is -2.03. The zero-order valence-electron chi connectivity index (χ0n) is 9.45. The number of nitrogens with zero attached hydrogens (tertiary/aromatic N) is 3. The van der Waals surface area contributed by atoms with E-state index in [9.17, 15) is 4.79 Å². The minimum atomic E-state index is -0.544. The normalized spacial score (nSPS) is 10.7. The molecule has 0 aliphatic carbocycles. The van der Waals surface area contributed by atoms with Crippen molar-refractivity contribution in [2.45, 2.75) is 0 Å². The molecule has 3 aromatic rings. The topological polar surface area (TPSA) is 73.8 Å². The molecule has 0 atom stereocenters. The summed E-state index contributed by atoms with van der Waals surface area (Å²) < 4.78 is 1.75. The number of carbonyl (C=O) groups excluding carboxylic acids is 1. The third-order valence-electron chi connectivity index (χ3n) is 2.71. The highest BCUT2D eigenvalue weighted by atomic mass is 16.1. The number of pyridine rings is 1. The van der Waals surface area contributed by atoms with Gasteiger partial charge >= 0.3 is 0 Å². The van der Waals surface area contributed by atoms with Crippen LogP contribution in [-0.4, -0.2) is 20.7 Å². The first-order chi connectivity index (χ1) is 8.75. The fourth-order valence-electron chi connectivity index (χ4n) is 1.83. The van der Waals surface area contributed by atoms with Gasteiger partial charge in [-0.05, 0) is 18.2 Å². The molecule has 18 heavy (non-hydrogen) atoms. The molecule has 2 N–H and O–H groups in total. The van der Waals surface area contributed by atoms with Crippen molar-refractivity contribution >= 4 is 16.8 Å². The Hall–Kier alpha value is -2.69. The maximum atomic E-state index is 11.1. The van der Waals surface area contributed by atoms with Gasteiger partial charge in [-0.15, -0.1) is 0 Å². The van der Waals surface area contributed by atoms with Crippen LogP contribution in [0.15, 0.2) is 48.8 Å². The number of rotatable bonds is 2. The van der Waals surface area contributed by atoms with Crippen LogP contribution in [-0.2, 0) is 0 Å². The van der Waals surface area contributed by atoms with Gasteiger partial charge in [0, 0.05) is 11.6 Å². The van der Waals surface area contributed by atoms with E-state index in [1.165, 1.54) is 0 Å². The van der Waals surface area contributed by atoms with Crippen LogP contribution in [0.25, 0.3) is 16.6 Å². The summed E-state index contributed by atoms with van der Waals surface area (Å²) in [6, 6.07) is 11.3. The first-order valence-electron chi connectivity index (χ1n) is 5.45. The summed E-state index contributed by atoms with van der Waals surface area (Å²) in [5.41, 5.74) is 7.20. The number of nitrogens with two attached hydrogens (primary N) is 1. The molecule has 5 heteroatoms. The number of amides is 1. The average Bonchev–Trinajstić information content (AvgIpc) is 2.82. The molecule has 0 radical (unpaired) electrons. The maximum absolute atomic E-state index is 11.1. The molecule has 88 valence electrons. The van der Waals surface area contributed by atoms with Gasteiger partial charge in [-0.2, -0.15) is 5.10 Å². The zero-order chi connectivity index (χ0) is 12.5. The molecule has 0 saturated carbocycles. The van der Waals surface area contributed by atoms with Crippen LogP contribution in [0, 0.1) is 0 Å². The Labute approximate surface area is 103 Å². The van der Waals surface area contributed by atoms with Crippen LogP contribution < -0.4 is 5.73 Å². The van der Waals surface area contributed by atoms with Crippen LogP contribution in [0.1, 0.15) is 10.5 Å². The van der Waals surface area contributed by atoms with Crippen molar-refractivity contribution in [2.24, 2.45) is 5.73 Å². The molecule has 0 spiro atoms. The van der Waals surface area contributed by atoms with E-state index in [4.69, 9.17) is 5.73 Å². The molecule has 0 aliphatic rings. The Bertz CT molecular complexity index is 718. The molecule has 0 aliphatic heterocycles. The van der Waals surface area contributed by atoms with Crippen LogP contribution >= 0.6 is 0 Å². The van der Waals surface area contributed by atoms with E-state index < -0.39 is 5.91 Å². The third kappa shape index (κ3) is 1.62. The van der Waals surface area contributed by atoms with Crippen molar-refractivity contribution in [1.29, 1.82) is 0 Å². The van der Waals surface area contributed by atoms with Crippen molar-refractivity contribution in [3.63, 3.8) is 0 Å². The van der Waals surface area contributed by atoms with Crippen LogP contribution in [0.2, 0.25) is 0 Å². The van der Waals surface area contributed by atoms with Crippen molar-refractivity contribution in [3.05, 3.63) is 54.5 Å². The first-order valence-corrected chi connectivity index (χ1v) is 5.45. The van der Waals surface area contributed by atoms with Crippen LogP contribution in [0.5, 0.6) is 0 Å². The molecule has 0 saturated heterocycles. The number of benzene rings is 1. The number of para-hydroxylation sites is 1. The fraction of sp³-hybridized carbons (Fsp3) is 0. The minimum absolute atomic E-state index is 0.236. The first kappa shape index (κ1) is 10.5. The highest BCUT2D eigenvalue weighted by Crippen LogP contribution is 2.17. The highest BCUT2D eigenvalue weighted by molar-refractivity contribution is 5.94. The number of fused-ring (bicyclic) bond motifs is 1. The number of hydrogen-bond donors (Lipinski definition) is 1. The van der Waals surface area contributed by atoms with Gasteiger partial charge in [0.25, 0.3) is 5.91 Å². The molecule has 1 amide bonds. The summed E-state index contributed by atoms with van der Waals surface area (Å²) >= 11 is 0. The van der Waals surface area contributed by atoms with Crippen LogP contribution in [0.4, 0.5) is 0 Å². The molecule has 0 fully saturated rings. The standard InChI is InChI=1S/C13H10N4O/c14-13(18)11-6-12-9(7-15-11)8-16-17(12)10-4-2-1-3-5-10/h1-8H,(H2,14,18). The Balaban J connectivity index is 2.24. The van der Waals surface area contributed by atoms with Gasteiger partial charge in [-0.3, -0.25) is 9.78 Å². The molecule has 0 unspecified atom stereocenters. The minimum Gasteiger partial charge on any atom is -0.364 e. The smallest absolute Gasteiger partial charge is 0.267 e. The summed E-state index contributed by atoms with van der Waals surface area (Å²) in [4.78, 5) is 15.1. The van der Waals surface area contributed by atoms with Gasteiger partial charge in [-0.25, -0.2) is 4.68 Å². The fourth-order valence-corrected chi connectivity index (χ4v) is 1.83. The van der Waals surface area contributed by atoms with Crippen molar-refractivity contribution in [2.75, 3.05) is 0 Å². The van der Waals surface area contributed by atoms with E-state index in [1.807, 2.05) is 30.3 Å². The van der Waals surface area contributed by atoms with Gasteiger partial charge in [0.15, 0.2) is 0 Å². The SMILES string of the molecule is NC(=O)c1cc2c(cn1)cnn2-c1ccccc1. The molecular formula is C13H10N4O. The highest BCUT2D eigenvalue weighted by Gasteiger charge is 2.08. The monoisotopic (exact) mass is 238 g/mol. The maximum Gasteiger partial charge on any atom is 0.267 e.